The van der Waals surface area contributed by atoms with Crippen LogP contribution in [-0.4, -0.2) is 13.6 Å². The fourth-order valence-corrected chi connectivity index (χ4v) is 2.76. The van der Waals surface area contributed by atoms with E-state index < -0.39 is 0 Å². The van der Waals surface area contributed by atoms with Crippen LogP contribution < -0.4 is 5.32 Å². The van der Waals surface area contributed by atoms with Gasteiger partial charge >= 0.3 is 0 Å². The minimum atomic E-state index is 0.986. The lowest BCUT2D eigenvalue weighted by atomic mass is 9.93. The molecule has 1 aliphatic rings. The van der Waals surface area contributed by atoms with Crippen molar-refractivity contribution in [1.29, 1.82) is 0 Å². The number of rotatable bonds is 5. The molecule has 1 aromatic carbocycles. The molecule has 0 aliphatic heterocycles. The van der Waals surface area contributed by atoms with Crippen LogP contribution in [-0.2, 0) is 6.42 Å². The lowest BCUT2D eigenvalue weighted by molar-refractivity contribution is 0.808. The fourth-order valence-electron chi connectivity index (χ4n) is 2.76. The van der Waals surface area contributed by atoms with Gasteiger partial charge in [-0.05, 0) is 60.7 Å². The summed E-state index contributed by atoms with van der Waals surface area (Å²) < 4.78 is 0. The Morgan fingerprint density at radius 3 is 2.65 bits per heavy atom. The molecule has 0 fully saturated rings. The molecule has 0 amide bonds. The summed E-state index contributed by atoms with van der Waals surface area (Å²) in [5, 5.41) is 3.20. The molecule has 0 atom stereocenters. The summed E-state index contributed by atoms with van der Waals surface area (Å²) in [6, 6.07) is 8.69. The number of benzene rings is 1. The Morgan fingerprint density at radius 2 is 1.95 bits per heavy atom. The smallest absolute Gasteiger partial charge is 0.00169 e. The van der Waals surface area contributed by atoms with Gasteiger partial charge in [0.15, 0.2) is 0 Å². The van der Waals surface area contributed by atoms with Crippen molar-refractivity contribution in [2.75, 3.05) is 13.6 Å². The maximum absolute atomic E-state index is 4.01. The zero-order valence-electron chi connectivity index (χ0n) is 12.3. The predicted octanol–water partition coefficient (Wildman–Crippen LogP) is 4.29. The van der Waals surface area contributed by atoms with Gasteiger partial charge in [-0.15, -0.1) is 0 Å². The third-order valence-corrected chi connectivity index (χ3v) is 3.80. The van der Waals surface area contributed by atoms with E-state index in [1.165, 1.54) is 27.8 Å². The minimum Gasteiger partial charge on any atom is -0.319 e. The van der Waals surface area contributed by atoms with Gasteiger partial charge in [0, 0.05) is 0 Å². The van der Waals surface area contributed by atoms with Gasteiger partial charge in [0.25, 0.3) is 0 Å². The Bertz CT molecular complexity index is 561. The molecule has 1 nitrogen and oxygen atoms in total. The van der Waals surface area contributed by atoms with Crippen molar-refractivity contribution in [3.8, 4) is 0 Å². The molecule has 0 unspecified atom stereocenters. The van der Waals surface area contributed by atoms with Crippen molar-refractivity contribution in [3.63, 3.8) is 0 Å². The van der Waals surface area contributed by atoms with Crippen LogP contribution in [0.5, 0.6) is 0 Å². The Balaban J connectivity index is 2.54. The van der Waals surface area contributed by atoms with E-state index in [9.17, 15) is 0 Å². The Kier molecular flexibility index (Phi) is 5.14. The Labute approximate surface area is 122 Å². The van der Waals surface area contributed by atoms with Crippen molar-refractivity contribution < 1.29 is 0 Å². The summed E-state index contributed by atoms with van der Waals surface area (Å²) in [6.07, 6.45) is 9.39. The van der Waals surface area contributed by atoms with Crippen molar-refractivity contribution in [2.24, 2.45) is 0 Å². The zero-order valence-corrected chi connectivity index (χ0v) is 12.3. The predicted molar refractivity (Wildman–Crippen MR) is 88.7 cm³/mol. The van der Waals surface area contributed by atoms with Crippen LogP contribution in [0.4, 0.5) is 0 Å². The number of aryl methyl sites for hydroxylation is 1. The Hall–Kier alpha value is -1.86. The molecule has 1 heteroatoms. The molecule has 20 heavy (non-hydrogen) atoms. The molecule has 0 aromatic heterocycles. The van der Waals surface area contributed by atoms with Crippen LogP contribution in [0.15, 0.2) is 66.8 Å². The van der Waals surface area contributed by atoms with Crippen molar-refractivity contribution in [3.05, 3.63) is 77.9 Å². The molecule has 0 heterocycles. The SMILES string of the molecule is C=CC1=C(C=C)/C(=C\CCNC)c2ccccc2CC1. The summed E-state index contributed by atoms with van der Waals surface area (Å²) in [5.74, 6) is 0. The number of allylic oxidation sites excluding steroid dienone is 5. The van der Waals surface area contributed by atoms with Gasteiger partial charge < -0.3 is 5.32 Å². The first-order chi connectivity index (χ1) is 9.81. The second kappa shape index (κ2) is 7.06. The number of hydrogen-bond donors (Lipinski definition) is 1. The van der Waals surface area contributed by atoms with Crippen LogP contribution >= 0.6 is 0 Å². The summed E-state index contributed by atoms with van der Waals surface area (Å²) in [4.78, 5) is 0. The number of hydrogen-bond acceptors (Lipinski definition) is 1. The first kappa shape index (κ1) is 14.5. The molecule has 2 rings (SSSR count). The molecule has 104 valence electrons. The van der Waals surface area contributed by atoms with Crippen LogP contribution in [0.1, 0.15) is 24.0 Å². The molecule has 1 aromatic rings. The average molecular weight is 265 g/mol. The van der Waals surface area contributed by atoms with Crippen LogP contribution in [0.3, 0.4) is 0 Å². The van der Waals surface area contributed by atoms with Gasteiger partial charge in [-0.2, -0.15) is 0 Å². The maximum atomic E-state index is 4.01. The molecule has 0 saturated carbocycles. The quantitative estimate of drug-likeness (QED) is 0.783. The van der Waals surface area contributed by atoms with Crippen LogP contribution in [0.25, 0.3) is 5.57 Å². The van der Waals surface area contributed by atoms with Gasteiger partial charge in [0.1, 0.15) is 0 Å². The number of fused-ring (bicyclic) bond motifs is 1. The van der Waals surface area contributed by atoms with E-state index in [4.69, 9.17) is 0 Å². The van der Waals surface area contributed by atoms with Gasteiger partial charge in [0.2, 0.25) is 0 Å². The van der Waals surface area contributed by atoms with E-state index in [0.29, 0.717) is 0 Å². The monoisotopic (exact) mass is 265 g/mol. The van der Waals surface area contributed by atoms with Crippen LogP contribution in [0, 0.1) is 0 Å². The minimum absolute atomic E-state index is 0.986. The second-order valence-electron chi connectivity index (χ2n) is 5.01. The van der Waals surface area contributed by atoms with Gasteiger partial charge in [-0.1, -0.05) is 55.7 Å². The topological polar surface area (TPSA) is 12.0 Å². The van der Waals surface area contributed by atoms with Crippen molar-refractivity contribution >= 4 is 5.57 Å². The maximum Gasteiger partial charge on any atom is -0.00169 e. The van der Waals surface area contributed by atoms with E-state index in [2.05, 4.69) is 48.8 Å². The second-order valence-corrected chi connectivity index (χ2v) is 5.01. The zero-order chi connectivity index (χ0) is 14.4. The molecule has 0 spiro atoms. The van der Waals surface area contributed by atoms with Gasteiger partial charge in [0.05, 0.1) is 0 Å². The van der Waals surface area contributed by atoms with E-state index in [0.717, 1.165) is 25.8 Å². The molecular formula is C19H23N. The highest BCUT2D eigenvalue weighted by Crippen LogP contribution is 2.35. The van der Waals surface area contributed by atoms with Crippen molar-refractivity contribution in [1.82, 2.24) is 5.32 Å². The average Bonchev–Trinajstić information content (AvgIpc) is 2.64. The third kappa shape index (κ3) is 3.00. The largest absolute Gasteiger partial charge is 0.319 e. The fraction of sp³-hybridized carbons (Fsp3) is 0.263. The van der Waals surface area contributed by atoms with E-state index in [-0.39, 0.29) is 0 Å². The highest BCUT2D eigenvalue weighted by molar-refractivity contribution is 5.85. The van der Waals surface area contributed by atoms with E-state index >= 15 is 0 Å². The number of nitrogens with one attached hydrogen (secondary N) is 1. The first-order valence-corrected chi connectivity index (χ1v) is 7.23. The molecule has 1 N–H and O–H groups in total. The van der Waals surface area contributed by atoms with Gasteiger partial charge in [-0.25, -0.2) is 0 Å². The molecule has 0 bridgehead atoms. The molecular weight excluding hydrogens is 242 g/mol. The lowest BCUT2D eigenvalue weighted by Crippen LogP contribution is -2.06. The lowest BCUT2D eigenvalue weighted by Gasteiger charge is -2.12. The normalized spacial score (nSPS) is 16.8. The Morgan fingerprint density at radius 1 is 1.15 bits per heavy atom. The third-order valence-electron chi connectivity index (χ3n) is 3.80. The summed E-state index contributed by atoms with van der Waals surface area (Å²) in [5.41, 5.74) is 6.60. The van der Waals surface area contributed by atoms with E-state index in [1.54, 1.807) is 0 Å². The summed E-state index contributed by atoms with van der Waals surface area (Å²) >= 11 is 0. The molecule has 0 radical (unpaired) electrons. The highest BCUT2D eigenvalue weighted by Gasteiger charge is 2.16. The van der Waals surface area contributed by atoms with Crippen molar-refractivity contribution in [2.45, 2.75) is 19.3 Å². The first-order valence-electron chi connectivity index (χ1n) is 7.23. The molecule has 0 saturated heterocycles. The highest BCUT2D eigenvalue weighted by atomic mass is 14.8. The standard InChI is InChI=1S/C19H23N/c1-4-15-12-13-16-9-6-7-10-18(16)19(17(15)5-2)11-8-14-20-3/h4-7,9-11,20H,1-2,8,12-14H2,3H3/b19-11+. The summed E-state index contributed by atoms with van der Waals surface area (Å²) in [7, 11) is 1.99. The summed E-state index contributed by atoms with van der Waals surface area (Å²) in [6.45, 7) is 8.97. The molecule has 1 aliphatic carbocycles. The van der Waals surface area contributed by atoms with Crippen LogP contribution in [0.2, 0.25) is 0 Å². The van der Waals surface area contributed by atoms with Gasteiger partial charge in [-0.3, -0.25) is 0 Å². The van der Waals surface area contributed by atoms with E-state index in [1.807, 2.05) is 19.2 Å².